The van der Waals surface area contributed by atoms with E-state index in [-0.39, 0.29) is 16.7 Å². The number of hydrogen-bond acceptors (Lipinski definition) is 4. The molecule has 0 aromatic carbocycles. The van der Waals surface area contributed by atoms with Gasteiger partial charge < -0.3 is 5.32 Å². The number of carbonyl (C=O) groups is 1. The van der Waals surface area contributed by atoms with E-state index in [1.54, 1.807) is 18.3 Å². The van der Waals surface area contributed by atoms with E-state index >= 15 is 0 Å². The Morgan fingerprint density at radius 3 is 2.44 bits per heavy atom. The molecule has 1 saturated heterocycles. The summed E-state index contributed by atoms with van der Waals surface area (Å²) in [6.45, 7) is 3.03. The highest BCUT2D eigenvalue weighted by Gasteiger charge is 2.33. The molecule has 1 aromatic rings. The summed E-state index contributed by atoms with van der Waals surface area (Å²) in [6.07, 6.45) is 8.55. The molecule has 2 fully saturated rings. The van der Waals surface area contributed by atoms with E-state index in [9.17, 15) is 13.2 Å². The average Bonchev–Trinajstić information content (AvgIpc) is 2.64. The predicted molar refractivity (Wildman–Crippen MR) is 95.3 cm³/mol. The van der Waals surface area contributed by atoms with Crippen molar-refractivity contribution in [3.8, 4) is 0 Å². The Morgan fingerprint density at radius 2 is 1.84 bits per heavy atom. The molecule has 1 aliphatic carbocycles. The maximum atomic E-state index is 12.6. The zero-order valence-electron chi connectivity index (χ0n) is 14.7. The fourth-order valence-electron chi connectivity index (χ4n) is 3.73. The molecule has 0 spiro atoms. The average molecular weight is 365 g/mol. The summed E-state index contributed by atoms with van der Waals surface area (Å²) >= 11 is 0. The second kappa shape index (κ2) is 7.83. The number of rotatable bonds is 4. The topological polar surface area (TPSA) is 79.4 Å². The van der Waals surface area contributed by atoms with Gasteiger partial charge in [0.2, 0.25) is 15.9 Å². The Kier molecular flexibility index (Phi) is 5.74. The normalized spacial score (nSPS) is 26.3. The Balaban J connectivity index is 1.52. The van der Waals surface area contributed by atoms with Crippen molar-refractivity contribution in [3.05, 3.63) is 24.5 Å². The first-order valence-electron chi connectivity index (χ1n) is 9.17. The largest absolute Gasteiger partial charge is 0.353 e. The van der Waals surface area contributed by atoms with E-state index in [2.05, 4.69) is 17.2 Å². The molecule has 1 N–H and O–H groups in total. The van der Waals surface area contributed by atoms with Crippen LogP contribution in [0.3, 0.4) is 0 Å². The van der Waals surface area contributed by atoms with E-state index in [0.717, 1.165) is 18.8 Å². The molecule has 2 aliphatic rings. The molecule has 1 aliphatic heterocycles. The number of piperidine rings is 1. The third-order valence-corrected chi connectivity index (χ3v) is 7.34. The molecule has 0 unspecified atom stereocenters. The van der Waals surface area contributed by atoms with E-state index in [1.165, 1.54) is 23.3 Å². The van der Waals surface area contributed by atoms with Crippen LogP contribution in [0.2, 0.25) is 0 Å². The van der Waals surface area contributed by atoms with Gasteiger partial charge in [0.1, 0.15) is 4.90 Å². The van der Waals surface area contributed by atoms with Crippen LogP contribution in [0.15, 0.2) is 29.4 Å². The van der Waals surface area contributed by atoms with Crippen molar-refractivity contribution in [1.82, 2.24) is 14.6 Å². The summed E-state index contributed by atoms with van der Waals surface area (Å²) < 4.78 is 26.7. The minimum atomic E-state index is -3.51. The van der Waals surface area contributed by atoms with Gasteiger partial charge in [-0.15, -0.1) is 0 Å². The number of hydrogen-bond donors (Lipinski definition) is 1. The maximum absolute atomic E-state index is 12.6. The summed E-state index contributed by atoms with van der Waals surface area (Å²) in [4.78, 5) is 16.6. The minimum Gasteiger partial charge on any atom is -0.353 e. The van der Waals surface area contributed by atoms with Crippen LogP contribution in [0.5, 0.6) is 0 Å². The minimum absolute atomic E-state index is 0.0836. The number of aromatic nitrogens is 1. The summed E-state index contributed by atoms with van der Waals surface area (Å²) in [6, 6.07) is 3.48. The van der Waals surface area contributed by atoms with Gasteiger partial charge in [-0.3, -0.25) is 9.78 Å². The van der Waals surface area contributed by atoms with Crippen LogP contribution in [-0.2, 0) is 14.8 Å². The van der Waals surface area contributed by atoms with Crippen LogP contribution in [0, 0.1) is 11.8 Å². The zero-order valence-corrected chi connectivity index (χ0v) is 15.5. The lowest BCUT2D eigenvalue weighted by molar-refractivity contribution is -0.127. The first-order valence-corrected chi connectivity index (χ1v) is 10.6. The highest BCUT2D eigenvalue weighted by atomic mass is 32.2. The van der Waals surface area contributed by atoms with E-state index in [0.29, 0.717) is 32.0 Å². The number of nitrogens with one attached hydrogen (secondary N) is 1. The van der Waals surface area contributed by atoms with Gasteiger partial charge in [0.05, 0.1) is 0 Å². The van der Waals surface area contributed by atoms with E-state index < -0.39 is 10.0 Å². The van der Waals surface area contributed by atoms with Crippen molar-refractivity contribution in [2.75, 3.05) is 13.1 Å². The predicted octanol–water partition coefficient (Wildman–Crippen LogP) is 2.18. The molecular formula is C18H27N3O3S. The highest BCUT2D eigenvalue weighted by Crippen LogP contribution is 2.26. The SMILES string of the molecule is CC1CCC(NC(=O)C2CCN(S(=O)(=O)c3cccnc3)CC2)CC1. The summed E-state index contributed by atoms with van der Waals surface area (Å²) in [5.41, 5.74) is 0. The van der Waals surface area contributed by atoms with Gasteiger partial charge in [0.15, 0.2) is 0 Å². The number of nitrogens with zero attached hydrogens (tertiary/aromatic N) is 2. The lowest BCUT2D eigenvalue weighted by Gasteiger charge is -2.32. The second-order valence-corrected chi connectivity index (χ2v) is 9.27. The molecule has 7 heteroatoms. The monoisotopic (exact) mass is 365 g/mol. The number of pyridine rings is 1. The molecule has 0 bridgehead atoms. The standard InChI is InChI=1S/C18H27N3O3S/c1-14-4-6-16(7-5-14)20-18(22)15-8-11-21(12-9-15)25(23,24)17-3-2-10-19-13-17/h2-3,10,13-16H,4-9,11-12H2,1H3,(H,20,22). The number of amides is 1. The molecule has 0 radical (unpaired) electrons. The van der Waals surface area contributed by atoms with Gasteiger partial charge in [0, 0.05) is 37.4 Å². The Morgan fingerprint density at radius 1 is 1.16 bits per heavy atom. The lowest BCUT2D eigenvalue weighted by Crippen LogP contribution is -2.46. The smallest absolute Gasteiger partial charge is 0.244 e. The number of carbonyl (C=O) groups excluding carboxylic acids is 1. The number of sulfonamides is 1. The van der Waals surface area contributed by atoms with Gasteiger partial charge in [-0.25, -0.2) is 8.42 Å². The highest BCUT2D eigenvalue weighted by molar-refractivity contribution is 7.89. The van der Waals surface area contributed by atoms with Crippen molar-refractivity contribution >= 4 is 15.9 Å². The Bertz CT molecular complexity index is 677. The van der Waals surface area contributed by atoms with Crippen LogP contribution in [0.4, 0.5) is 0 Å². The van der Waals surface area contributed by atoms with Crippen LogP contribution in [-0.4, -0.2) is 42.7 Å². The van der Waals surface area contributed by atoms with Crippen LogP contribution in [0.1, 0.15) is 45.4 Å². The molecule has 1 amide bonds. The third kappa shape index (κ3) is 4.39. The van der Waals surface area contributed by atoms with Crippen LogP contribution in [0.25, 0.3) is 0 Å². The third-order valence-electron chi connectivity index (χ3n) is 5.46. The molecule has 6 nitrogen and oxygen atoms in total. The Hall–Kier alpha value is -1.47. The first-order chi connectivity index (χ1) is 12.0. The lowest BCUT2D eigenvalue weighted by atomic mass is 9.87. The molecule has 1 saturated carbocycles. The van der Waals surface area contributed by atoms with Crippen molar-refractivity contribution in [3.63, 3.8) is 0 Å². The second-order valence-electron chi connectivity index (χ2n) is 7.33. The summed E-state index contributed by atoms with van der Waals surface area (Å²) in [5.74, 6) is 0.770. The van der Waals surface area contributed by atoms with E-state index in [4.69, 9.17) is 0 Å². The summed E-state index contributed by atoms with van der Waals surface area (Å²) in [7, 11) is -3.51. The molecule has 138 valence electrons. The van der Waals surface area contributed by atoms with Crippen molar-refractivity contribution < 1.29 is 13.2 Å². The maximum Gasteiger partial charge on any atom is 0.244 e. The van der Waals surface area contributed by atoms with Gasteiger partial charge in [-0.2, -0.15) is 4.31 Å². The van der Waals surface area contributed by atoms with E-state index in [1.807, 2.05) is 0 Å². The zero-order chi connectivity index (χ0) is 17.9. The van der Waals surface area contributed by atoms with Gasteiger partial charge in [-0.1, -0.05) is 6.92 Å². The molecule has 2 heterocycles. The van der Waals surface area contributed by atoms with Crippen molar-refractivity contribution in [2.45, 2.75) is 56.4 Å². The molecule has 1 aromatic heterocycles. The quantitative estimate of drug-likeness (QED) is 0.887. The fourth-order valence-corrected chi connectivity index (χ4v) is 5.16. The van der Waals surface area contributed by atoms with Crippen molar-refractivity contribution in [1.29, 1.82) is 0 Å². The van der Waals surface area contributed by atoms with Crippen molar-refractivity contribution in [2.24, 2.45) is 11.8 Å². The van der Waals surface area contributed by atoms with Gasteiger partial charge >= 0.3 is 0 Å². The molecule has 3 rings (SSSR count). The fraction of sp³-hybridized carbons (Fsp3) is 0.667. The van der Waals surface area contributed by atoms with Gasteiger partial charge in [-0.05, 0) is 56.6 Å². The molecule has 25 heavy (non-hydrogen) atoms. The Labute approximate surface area is 150 Å². The van der Waals surface area contributed by atoms with Gasteiger partial charge in [0.25, 0.3) is 0 Å². The van der Waals surface area contributed by atoms with Crippen LogP contribution >= 0.6 is 0 Å². The van der Waals surface area contributed by atoms with Crippen LogP contribution < -0.4 is 5.32 Å². The molecule has 0 atom stereocenters. The summed E-state index contributed by atoms with van der Waals surface area (Å²) in [5, 5.41) is 3.18. The first kappa shape index (κ1) is 18.3. The molecular weight excluding hydrogens is 338 g/mol.